The molecule has 7 heteroatoms. The van der Waals surface area contributed by atoms with E-state index in [9.17, 15) is 4.79 Å². The third-order valence-corrected chi connectivity index (χ3v) is 5.39. The Labute approximate surface area is 172 Å². The number of pyridine rings is 1. The summed E-state index contributed by atoms with van der Waals surface area (Å²) in [4.78, 5) is 22.6. The van der Waals surface area contributed by atoms with Crippen molar-refractivity contribution in [1.82, 2.24) is 15.6 Å². The highest BCUT2D eigenvalue weighted by atomic mass is 16.1. The Balaban J connectivity index is 1.61. The van der Waals surface area contributed by atoms with E-state index in [4.69, 9.17) is 5.73 Å². The zero-order valence-corrected chi connectivity index (χ0v) is 17.1. The minimum absolute atomic E-state index is 0.0287. The summed E-state index contributed by atoms with van der Waals surface area (Å²) < 4.78 is 0. The predicted octanol–water partition coefficient (Wildman–Crippen LogP) is 2.21. The van der Waals surface area contributed by atoms with E-state index in [0.717, 1.165) is 43.3 Å². The lowest BCUT2D eigenvalue weighted by atomic mass is 9.96. The molecule has 1 amide bonds. The van der Waals surface area contributed by atoms with Crippen molar-refractivity contribution in [3.05, 3.63) is 59.8 Å². The highest BCUT2D eigenvalue weighted by molar-refractivity contribution is 5.80. The summed E-state index contributed by atoms with van der Waals surface area (Å²) in [7, 11) is 1.77. The largest absolute Gasteiger partial charge is 0.369 e. The van der Waals surface area contributed by atoms with E-state index in [1.54, 1.807) is 7.05 Å². The van der Waals surface area contributed by atoms with Crippen LogP contribution in [0.3, 0.4) is 0 Å². The number of benzene rings is 1. The Morgan fingerprint density at radius 2 is 1.97 bits per heavy atom. The zero-order valence-electron chi connectivity index (χ0n) is 17.1. The molecule has 2 aromatic rings. The van der Waals surface area contributed by atoms with Crippen LogP contribution in [0.4, 0.5) is 5.82 Å². The summed E-state index contributed by atoms with van der Waals surface area (Å²) in [6.07, 6.45) is 3.36. The maximum atomic E-state index is 11.4. The van der Waals surface area contributed by atoms with Crippen LogP contribution in [0.15, 0.2) is 53.7 Å². The first-order chi connectivity index (χ1) is 14.1. The minimum atomic E-state index is -0.199. The third kappa shape index (κ3) is 5.47. The summed E-state index contributed by atoms with van der Waals surface area (Å²) in [6, 6.07) is 14.4. The number of rotatable bonds is 6. The first-order valence-corrected chi connectivity index (χ1v) is 10.1. The molecule has 29 heavy (non-hydrogen) atoms. The molecule has 1 atom stereocenters. The Morgan fingerprint density at radius 3 is 2.62 bits per heavy atom. The molecule has 1 aliphatic rings. The maximum absolute atomic E-state index is 11.4. The smallest absolute Gasteiger partial charge is 0.220 e. The van der Waals surface area contributed by atoms with Crippen molar-refractivity contribution in [3.63, 3.8) is 0 Å². The van der Waals surface area contributed by atoms with Gasteiger partial charge in [-0.2, -0.15) is 0 Å². The number of guanidine groups is 1. The van der Waals surface area contributed by atoms with Crippen molar-refractivity contribution in [2.45, 2.75) is 32.4 Å². The molecule has 1 aliphatic heterocycles. The first kappa shape index (κ1) is 20.6. The molecule has 0 saturated carbocycles. The predicted molar refractivity (Wildman–Crippen MR) is 117 cm³/mol. The monoisotopic (exact) mass is 394 g/mol. The number of amides is 1. The fourth-order valence-corrected chi connectivity index (χ4v) is 3.63. The van der Waals surface area contributed by atoms with Crippen LogP contribution in [-0.4, -0.2) is 37.0 Å². The number of aromatic nitrogens is 1. The molecule has 154 valence electrons. The summed E-state index contributed by atoms with van der Waals surface area (Å²) in [6.45, 7) is 4.30. The fourth-order valence-electron chi connectivity index (χ4n) is 3.63. The molecule has 1 aromatic carbocycles. The molecule has 4 N–H and O–H groups in total. The van der Waals surface area contributed by atoms with Crippen LogP contribution in [0.2, 0.25) is 0 Å². The number of nitrogens with two attached hydrogens (primary N) is 1. The number of hydrogen-bond donors (Lipinski definition) is 3. The number of aliphatic imine (C=N–C) groups is 1. The quantitative estimate of drug-likeness (QED) is 0.516. The molecule has 1 unspecified atom stereocenters. The van der Waals surface area contributed by atoms with Crippen molar-refractivity contribution in [1.29, 1.82) is 0 Å². The number of piperidine rings is 1. The second kappa shape index (κ2) is 9.91. The maximum Gasteiger partial charge on any atom is 0.220 e. The van der Waals surface area contributed by atoms with E-state index >= 15 is 0 Å². The lowest BCUT2D eigenvalue weighted by molar-refractivity contribution is -0.122. The van der Waals surface area contributed by atoms with Gasteiger partial charge in [-0.3, -0.25) is 9.79 Å². The Morgan fingerprint density at radius 1 is 1.24 bits per heavy atom. The molecule has 7 nitrogen and oxygen atoms in total. The highest BCUT2D eigenvalue weighted by Crippen LogP contribution is 2.24. The average Bonchev–Trinajstić information content (AvgIpc) is 2.77. The number of hydrogen-bond acceptors (Lipinski definition) is 4. The van der Waals surface area contributed by atoms with E-state index in [-0.39, 0.29) is 17.9 Å². The van der Waals surface area contributed by atoms with Crippen LogP contribution in [0.25, 0.3) is 0 Å². The molecule has 2 heterocycles. The molecular weight excluding hydrogens is 364 g/mol. The van der Waals surface area contributed by atoms with Gasteiger partial charge < -0.3 is 21.3 Å². The second-order valence-electron chi connectivity index (χ2n) is 7.35. The van der Waals surface area contributed by atoms with Gasteiger partial charge in [0, 0.05) is 44.4 Å². The summed E-state index contributed by atoms with van der Waals surface area (Å²) in [5.41, 5.74) is 7.76. The Hall–Kier alpha value is -3.09. The normalized spacial score (nSPS) is 16.3. The highest BCUT2D eigenvalue weighted by Gasteiger charge is 2.25. The molecule has 0 radical (unpaired) electrons. The van der Waals surface area contributed by atoms with Gasteiger partial charge in [0.1, 0.15) is 5.82 Å². The molecule has 0 bridgehead atoms. The van der Waals surface area contributed by atoms with Crippen molar-refractivity contribution in [2.75, 3.05) is 25.0 Å². The van der Waals surface area contributed by atoms with Gasteiger partial charge >= 0.3 is 0 Å². The van der Waals surface area contributed by atoms with Crippen molar-refractivity contribution in [2.24, 2.45) is 16.6 Å². The lowest BCUT2D eigenvalue weighted by Crippen LogP contribution is -2.40. The number of nitrogens with zero attached hydrogens (tertiary/aromatic N) is 3. The van der Waals surface area contributed by atoms with Crippen LogP contribution in [0.1, 0.15) is 36.9 Å². The summed E-state index contributed by atoms with van der Waals surface area (Å²) in [5.74, 6) is 1.46. The van der Waals surface area contributed by atoms with Gasteiger partial charge in [0.05, 0.1) is 6.04 Å². The molecule has 1 saturated heterocycles. The summed E-state index contributed by atoms with van der Waals surface area (Å²) in [5, 5.41) is 6.81. The Bertz CT molecular complexity index is 830. The van der Waals surface area contributed by atoms with Crippen LogP contribution < -0.4 is 21.3 Å². The van der Waals surface area contributed by atoms with Gasteiger partial charge in [0.2, 0.25) is 5.91 Å². The van der Waals surface area contributed by atoms with Crippen LogP contribution in [0.5, 0.6) is 0 Å². The summed E-state index contributed by atoms with van der Waals surface area (Å²) >= 11 is 0. The lowest BCUT2D eigenvalue weighted by Gasteiger charge is -2.32. The SMILES string of the molecule is CN=C(NCc1cccnc1N1CCC(C(N)=O)CC1)NC(C)c1ccccc1. The van der Waals surface area contributed by atoms with Gasteiger partial charge in [-0.05, 0) is 31.4 Å². The van der Waals surface area contributed by atoms with Gasteiger partial charge in [-0.1, -0.05) is 36.4 Å². The van der Waals surface area contributed by atoms with Crippen LogP contribution in [0, 0.1) is 5.92 Å². The van der Waals surface area contributed by atoms with Gasteiger partial charge in [0.15, 0.2) is 5.96 Å². The standard InChI is InChI=1S/C22H30N6O/c1-16(17-7-4-3-5-8-17)27-22(24-2)26-15-19-9-6-12-25-21(19)28-13-10-18(11-14-28)20(23)29/h3-9,12,16,18H,10-11,13-15H2,1-2H3,(H2,23,29)(H2,24,26,27). The topological polar surface area (TPSA) is 95.6 Å². The molecule has 3 rings (SSSR count). The van der Waals surface area contributed by atoms with Gasteiger partial charge in [-0.25, -0.2) is 4.98 Å². The van der Waals surface area contributed by atoms with E-state index in [0.29, 0.717) is 6.54 Å². The molecular formula is C22H30N6O. The van der Waals surface area contributed by atoms with Gasteiger partial charge in [0.25, 0.3) is 0 Å². The molecule has 0 spiro atoms. The third-order valence-electron chi connectivity index (χ3n) is 5.39. The first-order valence-electron chi connectivity index (χ1n) is 10.1. The molecule has 1 aromatic heterocycles. The fraction of sp³-hybridized carbons (Fsp3) is 0.409. The van der Waals surface area contributed by atoms with Crippen molar-refractivity contribution >= 4 is 17.7 Å². The number of primary amides is 1. The molecule has 1 fully saturated rings. The zero-order chi connectivity index (χ0) is 20.6. The number of carbonyl (C=O) groups excluding carboxylic acids is 1. The average molecular weight is 395 g/mol. The molecule has 0 aliphatic carbocycles. The van der Waals surface area contributed by atoms with Crippen LogP contribution >= 0.6 is 0 Å². The van der Waals surface area contributed by atoms with E-state index in [2.05, 4.69) is 50.6 Å². The van der Waals surface area contributed by atoms with E-state index in [1.807, 2.05) is 30.5 Å². The van der Waals surface area contributed by atoms with Gasteiger partial charge in [-0.15, -0.1) is 0 Å². The van der Waals surface area contributed by atoms with Crippen molar-refractivity contribution in [3.8, 4) is 0 Å². The number of carbonyl (C=O) groups is 1. The second-order valence-corrected chi connectivity index (χ2v) is 7.35. The number of nitrogens with one attached hydrogen (secondary N) is 2. The van der Waals surface area contributed by atoms with E-state index in [1.165, 1.54) is 5.56 Å². The van der Waals surface area contributed by atoms with Crippen LogP contribution in [-0.2, 0) is 11.3 Å². The Kier molecular flexibility index (Phi) is 7.05. The van der Waals surface area contributed by atoms with Crippen molar-refractivity contribution < 1.29 is 4.79 Å². The minimum Gasteiger partial charge on any atom is -0.369 e. The number of anilines is 1. The van der Waals surface area contributed by atoms with E-state index < -0.39 is 0 Å².